The lowest BCUT2D eigenvalue weighted by Crippen LogP contribution is -2.37. The fraction of sp³-hybridized carbons (Fsp3) is 0.364. The predicted octanol–water partition coefficient (Wildman–Crippen LogP) is 3.20. The molecule has 0 spiro atoms. The van der Waals surface area contributed by atoms with Gasteiger partial charge in [0.1, 0.15) is 17.7 Å². The summed E-state index contributed by atoms with van der Waals surface area (Å²) in [5.41, 5.74) is 4.15. The van der Waals surface area contributed by atoms with E-state index >= 15 is 0 Å². The Balaban J connectivity index is 1.42. The Bertz CT molecular complexity index is 918. The van der Waals surface area contributed by atoms with Crippen LogP contribution in [0.1, 0.15) is 29.8 Å². The van der Waals surface area contributed by atoms with Crippen molar-refractivity contribution in [3.05, 3.63) is 70.0 Å². The molecule has 2 aromatic carbocycles. The Hall–Kier alpha value is -2.41. The highest BCUT2D eigenvalue weighted by atomic mass is 35.5. The molecular weight excluding hydrogens is 390 g/mol. The minimum Gasteiger partial charge on any atom is -0.497 e. The quantitative estimate of drug-likeness (QED) is 0.673. The van der Waals surface area contributed by atoms with Crippen LogP contribution in [0.2, 0.25) is 5.02 Å². The van der Waals surface area contributed by atoms with E-state index in [2.05, 4.69) is 15.5 Å². The van der Waals surface area contributed by atoms with E-state index in [4.69, 9.17) is 21.1 Å². The second kappa shape index (κ2) is 8.53. The number of ether oxygens (including phenoxy) is 2. The van der Waals surface area contributed by atoms with Crippen LogP contribution in [0.4, 0.5) is 0 Å². The van der Waals surface area contributed by atoms with Gasteiger partial charge in [0.05, 0.1) is 20.3 Å². The molecule has 2 heterocycles. The van der Waals surface area contributed by atoms with E-state index in [0.717, 1.165) is 41.4 Å². The van der Waals surface area contributed by atoms with Gasteiger partial charge in [-0.25, -0.2) is 0 Å². The van der Waals surface area contributed by atoms with Gasteiger partial charge in [0.2, 0.25) is 0 Å². The zero-order valence-electron chi connectivity index (χ0n) is 16.6. The molecule has 0 radical (unpaired) electrons. The van der Waals surface area contributed by atoms with Crippen LogP contribution < -0.4 is 20.1 Å². The van der Waals surface area contributed by atoms with Gasteiger partial charge in [-0.2, -0.15) is 0 Å². The number of methoxy groups -OCH3 is 2. The molecule has 2 aromatic rings. The van der Waals surface area contributed by atoms with Crippen molar-refractivity contribution in [2.24, 2.45) is 0 Å². The van der Waals surface area contributed by atoms with E-state index in [0.29, 0.717) is 18.0 Å². The summed E-state index contributed by atoms with van der Waals surface area (Å²) in [5, 5.41) is 18.7. The molecule has 0 aromatic heterocycles. The fourth-order valence-electron chi connectivity index (χ4n) is 3.96. The van der Waals surface area contributed by atoms with Crippen LogP contribution in [0, 0.1) is 0 Å². The zero-order chi connectivity index (χ0) is 20.4. The molecule has 6 nitrogen and oxygen atoms in total. The van der Waals surface area contributed by atoms with Gasteiger partial charge >= 0.3 is 0 Å². The molecule has 0 aliphatic carbocycles. The van der Waals surface area contributed by atoms with Crippen molar-refractivity contribution in [1.82, 2.24) is 15.5 Å². The van der Waals surface area contributed by atoms with Crippen LogP contribution in [0.15, 0.2) is 53.9 Å². The first kappa shape index (κ1) is 19.9. The molecule has 2 atom stereocenters. The van der Waals surface area contributed by atoms with E-state index in [1.54, 1.807) is 14.2 Å². The van der Waals surface area contributed by atoms with Gasteiger partial charge in [-0.1, -0.05) is 29.8 Å². The van der Waals surface area contributed by atoms with E-state index in [9.17, 15) is 5.11 Å². The lowest BCUT2D eigenvalue weighted by Gasteiger charge is -2.29. The number of halogens is 1. The average molecular weight is 416 g/mol. The lowest BCUT2D eigenvalue weighted by atomic mass is 10.1. The van der Waals surface area contributed by atoms with Crippen molar-refractivity contribution in [3.63, 3.8) is 0 Å². The zero-order valence-corrected chi connectivity index (χ0v) is 17.4. The average Bonchev–Trinajstić information content (AvgIpc) is 3.16. The van der Waals surface area contributed by atoms with Crippen molar-refractivity contribution in [2.45, 2.75) is 18.7 Å². The smallest absolute Gasteiger partial charge is 0.124 e. The Morgan fingerprint density at radius 2 is 1.93 bits per heavy atom. The lowest BCUT2D eigenvalue weighted by molar-refractivity contribution is 0.112. The molecule has 7 heteroatoms. The van der Waals surface area contributed by atoms with Gasteiger partial charge < -0.3 is 25.2 Å². The van der Waals surface area contributed by atoms with Gasteiger partial charge in [0, 0.05) is 53.6 Å². The Morgan fingerprint density at radius 1 is 1.14 bits per heavy atom. The summed E-state index contributed by atoms with van der Waals surface area (Å²) < 4.78 is 10.7. The monoisotopic (exact) mass is 415 g/mol. The second-order valence-corrected chi connectivity index (χ2v) is 7.72. The van der Waals surface area contributed by atoms with Gasteiger partial charge in [-0.05, 0) is 24.3 Å². The normalized spacial score (nSPS) is 19.9. The Kier molecular flexibility index (Phi) is 5.85. The van der Waals surface area contributed by atoms with Gasteiger partial charge in [-0.15, -0.1) is 0 Å². The van der Waals surface area contributed by atoms with Crippen LogP contribution >= 0.6 is 11.6 Å². The summed E-state index contributed by atoms with van der Waals surface area (Å²) in [6.07, 6.45) is 0.207. The van der Waals surface area contributed by atoms with Crippen LogP contribution in [0.25, 0.3) is 0 Å². The highest BCUT2D eigenvalue weighted by Crippen LogP contribution is 2.32. The summed E-state index contributed by atoms with van der Waals surface area (Å²) in [5.74, 6) is 1.36. The molecule has 2 aliphatic heterocycles. The largest absolute Gasteiger partial charge is 0.497 e. The molecule has 0 saturated carbocycles. The topological polar surface area (TPSA) is 66.0 Å². The number of benzene rings is 2. The van der Waals surface area contributed by atoms with E-state index in [1.807, 2.05) is 42.5 Å². The molecule has 0 saturated heterocycles. The third-order valence-electron chi connectivity index (χ3n) is 5.50. The number of β-amino-alcohol motifs (C(OH)–C–C–N with tert-alkyl or cyclic N) is 1. The van der Waals surface area contributed by atoms with Gasteiger partial charge in [-0.3, -0.25) is 4.90 Å². The molecule has 154 valence electrons. The number of aliphatic hydroxyl groups is 1. The Morgan fingerprint density at radius 3 is 2.69 bits per heavy atom. The van der Waals surface area contributed by atoms with Crippen LogP contribution in [-0.2, 0) is 0 Å². The minimum atomic E-state index is -0.670. The fourth-order valence-corrected chi connectivity index (χ4v) is 4.20. The highest BCUT2D eigenvalue weighted by Gasteiger charge is 2.30. The summed E-state index contributed by atoms with van der Waals surface area (Å²) in [4.78, 5) is 2.24. The molecule has 2 unspecified atom stereocenters. The molecule has 0 fully saturated rings. The molecule has 0 amide bonds. The summed E-state index contributed by atoms with van der Waals surface area (Å²) in [6.45, 7) is 2.12. The molecular formula is C22H26ClN3O3. The minimum absolute atomic E-state index is 0.0166. The third-order valence-corrected chi connectivity index (χ3v) is 5.85. The molecule has 2 aliphatic rings. The SMILES string of the molecule is COc1ccc(OC)c(C(O)CN2CCC3=C(C2)NC(c2ccccc2Cl)N3)c1. The highest BCUT2D eigenvalue weighted by molar-refractivity contribution is 6.31. The van der Waals surface area contributed by atoms with Crippen LogP contribution in [0.3, 0.4) is 0 Å². The number of hydrogen-bond acceptors (Lipinski definition) is 6. The standard InChI is InChI=1S/C22H26ClN3O3/c1-28-14-7-8-21(29-2)16(11-14)20(27)13-26-10-9-18-19(12-26)25-22(24-18)15-5-3-4-6-17(15)23/h3-8,11,20,22,24-25,27H,9-10,12-13H2,1-2H3. The van der Waals surface area contributed by atoms with Crippen molar-refractivity contribution in [1.29, 1.82) is 0 Å². The van der Waals surface area contributed by atoms with E-state index in [1.165, 1.54) is 5.70 Å². The second-order valence-electron chi connectivity index (χ2n) is 7.31. The van der Waals surface area contributed by atoms with Crippen molar-refractivity contribution >= 4 is 11.6 Å². The Labute approximate surface area is 176 Å². The van der Waals surface area contributed by atoms with E-state index in [-0.39, 0.29) is 6.17 Å². The summed E-state index contributed by atoms with van der Waals surface area (Å²) in [7, 11) is 3.23. The van der Waals surface area contributed by atoms with Gasteiger partial charge in [0.15, 0.2) is 0 Å². The number of hydrogen-bond donors (Lipinski definition) is 3. The van der Waals surface area contributed by atoms with Crippen molar-refractivity contribution in [2.75, 3.05) is 33.9 Å². The van der Waals surface area contributed by atoms with Crippen LogP contribution in [-0.4, -0.2) is 43.9 Å². The summed E-state index contributed by atoms with van der Waals surface area (Å²) >= 11 is 6.36. The molecule has 4 rings (SSSR count). The third kappa shape index (κ3) is 4.15. The first-order valence-corrected chi connectivity index (χ1v) is 10.1. The van der Waals surface area contributed by atoms with Crippen molar-refractivity contribution in [3.8, 4) is 11.5 Å². The maximum Gasteiger partial charge on any atom is 0.124 e. The maximum absolute atomic E-state index is 10.9. The number of rotatable bonds is 6. The van der Waals surface area contributed by atoms with Gasteiger partial charge in [0.25, 0.3) is 0 Å². The number of aliphatic hydroxyl groups excluding tert-OH is 1. The number of nitrogens with one attached hydrogen (secondary N) is 2. The molecule has 29 heavy (non-hydrogen) atoms. The predicted molar refractivity (Wildman–Crippen MR) is 113 cm³/mol. The first-order valence-electron chi connectivity index (χ1n) is 9.71. The van der Waals surface area contributed by atoms with Crippen LogP contribution in [0.5, 0.6) is 11.5 Å². The first-order chi connectivity index (χ1) is 14.1. The maximum atomic E-state index is 10.9. The molecule has 0 bridgehead atoms. The van der Waals surface area contributed by atoms with E-state index < -0.39 is 6.10 Å². The summed E-state index contributed by atoms with van der Waals surface area (Å²) in [6, 6.07) is 13.3. The molecule has 3 N–H and O–H groups in total. The van der Waals surface area contributed by atoms with Crippen molar-refractivity contribution < 1.29 is 14.6 Å². The number of nitrogens with zero attached hydrogens (tertiary/aromatic N) is 1.